The predicted molar refractivity (Wildman–Crippen MR) is 59.4 cm³/mol. The number of likely N-dealkylation sites (tertiary alicyclic amines) is 1. The van der Waals surface area contributed by atoms with Gasteiger partial charge in [-0.15, -0.1) is 0 Å². The number of carbonyl (C=O) groups is 1. The number of H-pyrrole nitrogens is 1. The van der Waals surface area contributed by atoms with Crippen LogP contribution in [0.4, 0.5) is 0 Å². The number of imidazole rings is 1. The topological polar surface area (TPSA) is 58.2 Å². The standard InChI is InChI=1S/C11H17N3O2/c1-3-16-11(15)10-12-6-9(13-10)8-4-5-14(2)7-8/h6,8H,3-5,7H2,1-2H3,(H,12,13). The molecule has 2 rings (SSSR count). The molecule has 5 heteroatoms. The Labute approximate surface area is 94.8 Å². The SMILES string of the molecule is CCOC(=O)c1ncc(C2CCN(C)C2)[nH]1. The number of rotatable bonds is 3. The molecule has 0 spiro atoms. The molecule has 0 radical (unpaired) electrons. The van der Waals surface area contributed by atoms with Crippen molar-refractivity contribution < 1.29 is 9.53 Å². The molecule has 1 aliphatic heterocycles. The lowest BCUT2D eigenvalue weighted by molar-refractivity contribution is 0.0513. The van der Waals surface area contributed by atoms with E-state index in [-0.39, 0.29) is 5.97 Å². The Kier molecular flexibility index (Phi) is 3.24. The highest BCUT2D eigenvalue weighted by Gasteiger charge is 2.23. The van der Waals surface area contributed by atoms with E-state index in [1.54, 1.807) is 13.1 Å². The van der Waals surface area contributed by atoms with Gasteiger partial charge >= 0.3 is 5.97 Å². The highest BCUT2D eigenvalue weighted by molar-refractivity contribution is 5.85. The quantitative estimate of drug-likeness (QED) is 0.777. The zero-order valence-corrected chi connectivity index (χ0v) is 9.69. The van der Waals surface area contributed by atoms with Gasteiger partial charge in [-0.2, -0.15) is 0 Å². The van der Waals surface area contributed by atoms with E-state index in [1.807, 2.05) is 0 Å². The van der Waals surface area contributed by atoms with Crippen LogP contribution in [0.5, 0.6) is 0 Å². The number of esters is 1. The molecule has 16 heavy (non-hydrogen) atoms. The Morgan fingerprint density at radius 1 is 1.75 bits per heavy atom. The number of aromatic nitrogens is 2. The van der Waals surface area contributed by atoms with Gasteiger partial charge in [0.1, 0.15) is 0 Å². The maximum absolute atomic E-state index is 11.4. The molecule has 5 nitrogen and oxygen atoms in total. The van der Waals surface area contributed by atoms with Crippen molar-refractivity contribution in [1.82, 2.24) is 14.9 Å². The van der Waals surface area contributed by atoms with E-state index in [2.05, 4.69) is 21.9 Å². The van der Waals surface area contributed by atoms with E-state index in [1.165, 1.54) is 0 Å². The molecular weight excluding hydrogens is 206 g/mol. The van der Waals surface area contributed by atoms with Crippen molar-refractivity contribution in [2.24, 2.45) is 0 Å². The first kappa shape index (κ1) is 11.1. The number of carbonyl (C=O) groups excluding carboxylic acids is 1. The molecule has 0 amide bonds. The maximum atomic E-state index is 11.4. The fraction of sp³-hybridized carbons (Fsp3) is 0.636. The summed E-state index contributed by atoms with van der Waals surface area (Å²) < 4.78 is 4.88. The van der Waals surface area contributed by atoms with Crippen molar-refractivity contribution in [2.45, 2.75) is 19.3 Å². The summed E-state index contributed by atoms with van der Waals surface area (Å²) in [5.41, 5.74) is 1.03. The molecule has 0 aromatic carbocycles. The molecule has 2 heterocycles. The first-order chi connectivity index (χ1) is 7.70. The highest BCUT2D eigenvalue weighted by atomic mass is 16.5. The molecule has 1 aromatic heterocycles. The van der Waals surface area contributed by atoms with Gasteiger partial charge in [-0.05, 0) is 26.9 Å². The second kappa shape index (κ2) is 4.65. The van der Waals surface area contributed by atoms with Crippen molar-refractivity contribution in [3.05, 3.63) is 17.7 Å². The van der Waals surface area contributed by atoms with Crippen LogP contribution in [-0.2, 0) is 4.74 Å². The molecular formula is C11H17N3O2. The fourth-order valence-electron chi connectivity index (χ4n) is 2.03. The van der Waals surface area contributed by atoms with Crippen molar-refractivity contribution in [3.8, 4) is 0 Å². The Morgan fingerprint density at radius 3 is 3.19 bits per heavy atom. The maximum Gasteiger partial charge on any atom is 0.374 e. The molecule has 1 aliphatic rings. The van der Waals surface area contributed by atoms with Gasteiger partial charge in [0.15, 0.2) is 0 Å². The molecule has 1 unspecified atom stereocenters. The zero-order valence-electron chi connectivity index (χ0n) is 9.69. The molecule has 1 fully saturated rings. The smallest absolute Gasteiger partial charge is 0.374 e. The van der Waals surface area contributed by atoms with Crippen LogP contribution < -0.4 is 0 Å². The number of nitrogens with zero attached hydrogens (tertiary/aromatic N) is 2. The number of ether oxygens (including phenoxy) is 1. The van der Waals surface area contributed by atoms with E-state index in [0.717, 1.165) is 25.2 Å². The summed E-state index contributed by atoms with van der Waals surface area (Å²) in [5, 5.41) is 0. The number of likely N-dealkylation sites (N-methyl/N-ethyl adjacent to an activating group) is 1. The first-order valence-electron chi connectivity index (χ1n) is 5.61. The number of nitrogens with one attached hydrogen (secondary N) is 1. The molecule has 0 saturated carbocycles. The average molecular weight is 223 g/mol. The normalized spacial score (nSPS) is 21.2. The molecule has 1 saturated heterocycles. The van der Waals surface area contributed by atoms with Gasteiger partial charge in [-0.3, -0.25) is 0 Å². The summed E-state index contributed by atoms with van der Waals surface area (Å²) in [6, 6.07) is 0. The van der Waals surface area contributed by atoms with Gasteiger partial charge in [0.2, 0.25) is 5.82 Å². The Bertz CT molecular complexity index is 375. The van der Waals surface area contributed by atoms with Crippen LogP contribution in [0.2, 0.25) is 0 Å². The molecule has 1 N–H and O–H groups in total. The highest BCUT2D eigenvalue weighted by Crippen LogP contribution is 2.24. The van der Waals surface area contributed by atoms with E-state index in [9.17, 15) is 4.79 Å². The van der Waals surface area contributed by atoms with E-state index >= 15 is 0 Å². The summed E-state index contributed by atoms with van der Waals surface area (Å²) in [6.07, 6.45) is 2.86. The van der Waals surface area contributed by atoms with Crippen molar-refractivity contribution in [3.63, 3.8) is 0 Å². The van der Waals surface area contributed by atoms with Gasteiger partial charge in [0.25, 0.3) is 0 Å². The Morgan fingerprint density at radius 2 is 2.56 bits per heavy atom. The monoisotopic (exact) mass is 223 g/mol. The Hall–Kier alpha value is -1.36. The second-order valence-electron chi connectivity index (χ2n) is 4.16. The minimum atomic E-state index is -0.375. The number of hydrogen-bond donors (Lipinski definition) is 1. The Balaban J connectivity index is 2.04. The molecule has 0 aliphatic carbocycles. The lowest BCUT2D eigenvalue weighted by Gasteiger charge is -2.07. The van der Waals surface area contributed by atoms with Crippen molar-refractivity contribution in [1.29, 1.82) is 0 Å². The average Bonchev–Trinajstić information content (AvgIpc) is 2.85. The van der Waals surface area contributed by atoms with Gasteiger partial charge in [0, 0.05) is 24.4 Å². The third-order valence-corrected chi connectivity index (χ3v) is 2.90. The van der Waals surface area contributed by atoms with Gasteiger partial charge in [0.05, 0.1) is 6.61 Å². The van der Waals surface area contributed by atoms with Crippen molar-refractivity contribution in [2.75, 3.05) is 26.7 Å². The summed E-state index contributed by atoms with van der Waals surface area (Å²) >= 11 is 0. The van der Waals surface area contributed by atoms with Crippen LogP contribution in [0.15, 0.2) is 6.20 Å². The van der Waals surface area contributed by atoms with Crippen LogP contribution in [0, 0.1) is 0 Å². The largest absolute Gasteiger partial charge is 0.460 e. The number of aromatic amines is 1. The van der Waals surface area contributed by atoms with Crippen LogP contribution in [-0.4, -0.2) is 47.6 Å². The number of hydrogen-bond acceptors (Lipinski definition) is 4. The molecule has 1 atom stereocenters. The lowest BCUT2D eigenvalue weighted by atomic mass is 10.1. The second-order valence-corrected chi connectivity index (χ2v) is 4.16. The van der Waals surface area contributed by atoms with Crippen LogP contribution in [0.1, 0.15) is 35.6 Å². The summed E-state index contributed by atoms with van der Waals surface area (Å²) in [6.45, 7) is 4.28. The third-order valence-electron chi connectivity index (χ3n) is 2.90. The van der Waals surface area contributed by atoms with Gasteiger partial charge in [-0.25, -0.2) is 9.78 Å². The van der Waals surface area contributed by atoms with Gasteiger partial charge in [-0.1, -0.05) is 0 Å². The molecule has 88 valence electrons. The predicted octanol–water partition coefficient (Wildman–Crippen LogP) is 1.01. The van der Waals surface area contributed by atoms with Crippen LogP contribution >= 0.6 is 0 Å². The van der Waals surface area contributed by atoms with Crippen molar-refractivity contribution >= 4 is 5.97 Å². The minimum Gasteiger partial charge on any atom is -0.460 e. The summed E-state index contributed by atoms with van der Waals surface area (Å²) in [5.74, 6) is 0.396. The lowest BCUT2D eigenvalue weighted by Crippen LogP contribution is -2.13. The van der Waals surface area contributed by atoms with E-state index < -0.39 is 0 Å². The summed E-state index contributed by atoms with van der Waals surface area (Å²) in [4.78, 5) is 20.8. The molecule has 0 bridgehead atoms. The zero-order chi connectivity index (χ0) is 11.5. The fourth-order valence-corrected chi connectivity index (χ4v) is 2.03. The first-order valence-corrected chi connectivity index (χ1v) is 5.61. The van der Waals surface area contributed by atoms with E-state index in [4.69, 9.17) is 4.74 Å². The van der Waals surface area contributed by atoms with Gasteiger partial charge < -0.3 is 14.6 Å². The summed E-state index contributed by atoms with van der Waals surface area (Å²) in [7, 11) is 2.10. The van der Waals surface area contributed by atoms with E-state index in [0.29, 0.717) is 18.3 Å². The molecule has 1 aromatic rings. The van der Waals surface area contributed by atoms with Crippen LogP contribution in [0.25, 0.3) is 0 Å². The third kappa shape index (κ3) is 2.24. The van der Waals surface area contributed by atoms with Crippen LogP contribution in [0.3, 0.4) is 0 Å². The minimum absolute atomic E-state index is 0.311.